The maximum atomic E-state index is 1.59. The minimum Gasteiger partial charge on any atom is -0.0530 e. The summed E-state index contributed by atoms with van der Waals surface area (Å²) in [6.45, 7) is 0. The van der Waals surface area contributed by atoms with Gasteiger partial charge in [-0.1, -0.05) is 12.8 Å². The lowest BCUT2D eigenvalue weighted by Crippen LogP contribution is -2.41. The molecule has 0 spiro atoms. The first-order valence-corrected chi connectivity index (χ1v) is 5.95. The molecule has 0 amide bonds. The van der Waals surface area contributed by atoms with E-state index < -0.39 is 0 Å². The van der Waals surface area contributed by atoms with E-state index in [2.05, 4.69) is 0 Å². The Balaban J connectivity index is 1.83. The van der Waals surface area contributed by atoms with Crippen LogP contribution in [0.25, 0.3) is 0 Å². The van der Waals surface area contributed by atoms with Crippen LogP contribution in [0.4, 0.5) is 0 Å². The van der Waals surface area contributed by atoms with E-state index in [-0.39, 0.29) is 0 Å². The highest BCUT2D eigenvalue weighted by molar-refractivity contribution is 4.94. The van der Waals surface area contributed by atoms with Gasteiger partial charge in [0, 0.05) is 0 Å². The van der Waals surface area contributed by atoms with Gasteiger partial charge in [-0.2, -0.15) is 0 Å². The van der Waals surface area contributed by atoms with Crippen LogP contribution in [0, 0.1) is 23.7 Å². The molecule has 0 aromatic heterocycles. The monoisotopic (exact) mass is 164 g/mol. The summed E-state index contributed by atoms with van der Waals surface area (Å²) in [5, 5.41) is 0. The van der Waals surface area contributed by atoms with Crippen LogP contribution in [0.3, 0.4) is 0 Å². The van der Waals surface area contributed by atoms with Crippen molar-refractivity contribution in [1.29, 1.82) is 0 Å². The van der Waals surface area contributed by atoms with Crippen molar-refractivity contribution < 1.29 is 0 Å². The van der Waals surface area contributed by atoms with E-state index >= 15 is 0 Å². The summed E-state index contributed by atoms with van der Waals surface area (Å²) >= 11 is 0. The molecule has 0 N–H and O–H groups in total. The molecule has 4 aliphatic rings. The van der Waals surface area contributed by atoms with Gasteiger partial charge in [-0.25, -0.2) is 0 Å². The third kappa shape index (κ3) is 0.963. The van der Waals surface area contributed by atoms with Gasteiger partial charge in [-0.15, -0.1) is 0 Å². The highest BCUT2D eigenvalue weighted by atomic mass is 14.5. The minimum atomic E-state index is 1.17. The van der Waals surface area contributed by atoms with Gasteiger partial charge in [0.2, 0.25) is 0 Å². The molecular formula is C12H20. The molecule has 12 heavy (non-hydrogen) atoms. The van der Waals surface area contributed by atoms with Gasteiger partial charge in [0.1, 0.15) is 0 Å². The molecule has 0 saturated heterocycles. The van der Waals surface area contributed by atoms with Crippen molar-refractivity contribution >= 4 is 0 Å². The predicted molar refractivity (Wildman–Crippen MR) is 50.9 cm³/mol. The molecule has 2 atom stereocenters. The van der Waals surface area contributed by atoms with Crippen molar-refractivity contribution in [2.45, 2.75) is 51.4 Å². The Labute approximate surface area is 75.7 Å². The molecule has 0 heteroatoms. The second kappa shape index (κ2) is 2.75. The van der Waals surface area contributed by atoms with Gasteiger partial charge in [0.25, 0.3) is 0 Å². The molecular weight excluding hydrogens is 144 g/mol. The van der Waals surface area contributed by atoms with Crippen LogP contribution in [0.1, 0.15) is 51.4 Å². The van der Waals surface area contributed by atoms with E-state index in [0.717, 1.165) is 0 Å². The number of hydrogen-bond donors (Lipinski definition) is 0. The highest BCUT2D eigenvalue weighted by Crippen LogP contribution is 2.53. The normalized spacial score (nSPS) is 52.0. The first-order chi connectivity index (χ1) is 5.95. The fraction of sp³-hybridized carbons (Fsp3) is 1.00. The lowest BCUT2D eigenvalue weighted by molar-refractivity contribution is -0.00474. The minimum absolute atomic E-state index is 1.17. The first-order valence-electron chi connectivity index (χ1n) is 5.95. The third-order valence-electron chi connectivity index (χ3n) is 4.90. The largest absolute Gasteiger partial charge is 0.0530 e. The van der Waals surface area contributed by atoms with Crippen molar-refractivity contribution in [3.8, 4) is 0 Å². The lowest BCUT2D eigenvalue weighted by Gasteiger charge is -2.51. The predicted octanol–water partition coefficient (Wildman–Crippen LogP) is 3.61. The molecule has 0 nitrogen and oxygen atoms in total. The fourth-order valence-corrected chi connectivity index (χ4v) is 4.36. The van der Waals surface area contributed by atoms with Crippen LogP contribution in [0.2, 0.25) is 0 Å². The van der Waals surface area contributed by atoms with Crippen LogP contribution in [0.15, 0.2) is 0 Å². The molecule has 2 bridgehead atoms. The fourth-order valence-electron chi connectivity index (χ4n) is 4.36. The van der Waals surface area contributed by atoms with Crippen LogP contribution in [-0.4, -0.2) is 0 Å². The topological polar surface area (TPSA) is 0 Å². The van der Waals surface area contributed by atoms with Crippen molar-refractivity contribution in [1.82, 2.24) is 0 Å². The Morgan fingerprint density at radius 3 is 1.33 bits per heavy atom. The van der Waals surface area contributed by atoms with Gasteiger partial charge >= 0.3 is 0 Å². The summed E-state index contributed by atoms with van der Waals surface area (Å²) in [5.74, 6) is 4.71. The van der Waals surface area contributed by atoms with Crippen molar-refractivity contribution in [3.05, 3.63) is 0 Å². The second-order valence-electron chi connectivity index (χ2n) is 5.29. The Hall–Kier alpha value is 0. The molecule has 0 radical (unpaired) electrons. The van der Waals surface area contributed by atoms with E-state index in [4.69, 9.17) is 0 Å². The first kappa shape index (κ1) is 7.41. The number of rotatable bonds is 0. The zero-order chi connectivity index (χ0) is 7.97. The standard InChI is InChI=1S/C12H20/c1-2-4-12-10-7-5-9(6-8-10)11(12)3-1/h9-12H,1-8H2. The highest BCUT2D eigenvalue weighted by Gasteiger charge is 2.43. The van der Waals surface area contributed by atoms with Crippen molar-refractivity contribution in [2.75, 3.05) is 0 Å². The maximum absolute atomic E-state index is 1.59. The Morgan fingerprint density at radius 2 is 0.917 bits per heavy atom. The number of fused-ring (bicyclic) bond motifs is 2. The molecule has 0 aromatic carbocycles. The van der Waals surface area contributed by atoms with Crippen LogP contribution < -0.4 is 0 Å². The Kier molecular flexibility index (Phi) is 1.70. The molecule has 68 valence electrons. The zero-order valence-electron chi connectivity index (χ0n) is 7.97. The molecule has 4 rings (SSSR count). The molecule has 4 aliphatic carbocycles. The smallest absolute Gasteiger partial charge is 0.0355 e. The van der Waals surface area contributed by atoms with Gasteiger partial charge in [-0.3, -0.25) is 0 Å². The maximum Gasteiger partial charge on any atom is -0.0355 e. The molecule has 0 aliphatic heterocycles. The SMILES string of the molecule is C1CCC2C3CCC(CC3)C2C1. The molecule has 0 aromatic rings. The average Bonchev–Trinajstić information content (AvgIpc) is 2.20. The summed E-state index contributed by atoms with van der Waals surface area (Å²) in [6, 6.07) is 0. The van der Waals surface area contributed by atoms with Crippen LogP contribution >= 0.6 is 0 Å². The molecule has 4 fully saturated rings. The van der Waals surface area contributed by atoms with Crippen LogP contribution in [-0.2, 0) is 0 Å². The Morgan fingerprint density at radius 1 is 0.500 bits per heavy atom. The summed E-state index contributed by atoms with van der Waals surface area (Å²) in [6.07, 6.45) is 12.6. The molecule has 2 unspecified atom stereocenters. The van der Waals surface area contributed by atoms with Gasteiger partial charge < -0.3 is 0 Å². The van der Waals surface area contributed by atoms with Gasteiger partial charge in [-0.05, 0) is 62.2 Å². The summed E-state index contributed by atoms with van der Waals surface area (Å²) < 4.78 is 0. The molecule has 4 saturated carbocycles. The van der Waals surface area contributed by atoms with Gasteiger partial charge in [0.15, 0.2) is 0 Å². The second-order valence-corrected chi connectivity index (χ2v) is 5.29. The van der Waals surface area contributed by atoms with E-state index in [1.54, 1.807) is 51.4 Å². The third-order valence-corrected chi connectivity index (χ3v) is 4.90. The zero-order valence-corrected chi connectivity index (χ0v) is 7.97. The average molecular weight is 164 g/mol. The van der Waals surface area contributed by atoms with E-state index in [9.17, 15) is 0 Å². The quantitative estimate of drug-likeness (QED) is 0.513. The lowest BCUT2D eigenvalue weighted by atomic mass is 9.55. The summed E-state index contributed by atoms with van der Waals surface area (Å²) in [5.41, 5.74) is 0. The Bertz CT molecular complexity index is 145. The summed E-state index contributed by atoms with van der Waals surface area (Å²) in [4.78, 5) is 0. The van der Waals surface area contributed by atoms with Crippen LogP contribution in [0.5, 0.6) is 0 Å². The number of hydrogen-bond acceptors (Lipinski definition) is 0. The van der Waals surface area contributed by atoms with Crippen molar-refractivity contribution in [3.63, 3.8) is 0 Å². The summed E-state index contributed by atoms with van der Waals surface area (Å²) in [7, 11) is 0. The van der Waals surface area contributed by atoms with Gasteiger partial charge in [0.05, 0.1) is 0 Å². The van der Waals surface area contributed by atoms with Crippen molar-refractivity contribution in [2.24, 2.45) is 23.7 Å². The van der Waals surface area contributed by atoms with E-state index in [0.29, 0.717) is 0 Å². The molecule has 0 heterocycles. The van der Waals surface area contributed by atoms with E-state index in [1.165, 1.54) is 23.7 Å². The van der Waals surface area contributed by atoms with E-state index in [1.807, 2.05) is 0 Å².